The SMILES string of the molecule is CC(C)c1nc(N(C)S(=O)(=O)CC(C)(C)O)nc(-c2ccc(F)cc2)c1/C=C/[C@@H](O)C[C@@H](O)CC(=O)O. The number of sulfonamides is 1. The van der Waals surface area contributed by atoms with Gasteiger partial charge in [0.05, 0.1) is 41.4 Å². The maximum atomic E-state index is 13.6. The number of nitrogens with zero attached hydrogens (tertiary/aromatic N) is 3. The fraction of sp³-hybridized carbons (Fsp3) is 0.480. The summed E-state index contributed by atoms with van der Waals surface area (Å²) in [5.74, 6) is -2.64. The molecule has 0 aliphatic rings. The minimum Gasteiger partial charge on any atom is -0.481 e. The minimum absolute atomic E-state index is 0.151. The normalized spacial score (nSPS) is 14.2. The summed E-state index contributed by atoms with van der Waals surface area (Å²) in [4.78, 5) is 19.7. The minimum atomic E-state index is -4.02. The van der Waals surface area contributed by atoms with Gasteiger partial charge in [-0.15, -0.1) is 0 Å². The van der Waals surface area contributed by atoms with Gasteiger partial charge in [0.15, 0.2) is 0 Å². The number of carboxylic acid groups (broad SMARTS) is 1. The van der Waals surface area contributed by atoms with Gasteiger partial charge in [0.2, 0.25) is 16.0 Å². The van der Waals surface area contributed by atoms with E-state index in [0.29, 0.717) is 16.8 Å². The average molecular weight is 540 g/mol. The quantitative estimate of drug-likeness (QED) is 0.318. The van der Waals surface area contributed by atoms with Crippen LogP contribution in [0.1, 0.15) is 57.7 Å². The molecule has 204 valence electrons. The van der Waals surface area contributed by atoms with E-state index in [-0.39, 0.29) is 24.0 Å². The topological polar surface area (TPSA) is 161 Å². The Labute approximate surface area is 216 Å². The van der Waals surface area contributed by atoms with Gasteiger partial charge in [-0.25, -0.2) is 27.1 Å². The lowest BCUT2D eigenvalue weighted by molar-refractivity contribution is -0.139. The Bertz CT molecular complexity index is 1230. The number of hydrogen-bond donors (Lipinski definition) is 4. The molecule has 1 aromatic carbocycles. The molecule has 37 heavy (non-hydrogen) atoms. The van der Waals surface area contributed by atoms with Gasteiger partial charge in [0.25, 0.3) is 0 Å². The van der Waals surface area contributed by atoms with E-state index < -0.39 is 51.8 Å². The standard InChI is InChI=1S/C25H34FN3O7S/c1-15(2)22-20(11-10-18(30)12-19(31)13-21(32)33)23(16-6-8-17(26)9-7-16)28-24(27-22)29(5)37(35,36)14-25(3,4)34/h6-11,15,18-19,30-31,34H,12-14H2,1-5H3,(H,32,33)/b11-10+/t18-,19-/m1/s1. The van der Waals surface area contributed by atoms with Gasteiger partial charge in [-0.05, 0) is 44.0 Å². The molecule has 0 aliphatic heterocycles. The number of hydrogen-bond acceptors (Lipinski definition) is 8. The maximum Gasteiger partial charge on any atom is 0.305 e. The zero-order valence-corrected chi connectivity index (χ0v) is 22.3. The number of anilines is 1. The van der Waals surface area contributed by atoms with Gasteiger partial charge >= 0.3 is 5.97 Å². The first-order valence-electron chi connectivity index (χ1n) is 11.6. The van der Waals surface area contributed by atoms with Crippen LogP contribution in [0.2, 0.25) is 0 Å². The Hall–Kier alpha value is -2.93. The van der Waals surface area contributed by atoms with Gasteiger partial charge in [-0.3, -0.25) is 4.79 Å². The summed E-state index contributed by atoms with van der Waals surface area (Å²) in [6, 6.07) is 5.40. The van der Waals surface area contributed by atoms with Crippen LogP contribution in [0.25, 0.3) is 17.3 Å². The van der Waals surface area contributed by atoms with Crippen LogP contribution in [0, 0.1) is 5.82 Å². The van der Waals surface area contributed by atoms with Crippen molar-refractivity contribution in [3.63, 3.8) is 0 Å². The molecule has 1 heterocycles. The largest absolute Gasteiger partial charge is 0.481 e. The fourth-order valence-electron chi connectivity index (χ4n) is 3.56. The number of rotatable bonds is 12. The van der Waals surface area contributed by atoms with Gasteiger partial charge in [-0.2, -0.15) is 0 Å². The van der Waals surface area contributed by atoms with Crippen molar-refractivity contribution >= 4 is 28.0 Å². The van der Waals surface area contributed by atoms with Crippen LogP contribution < -0.4 is 4.31 Å². The van der Waals surface area contributed by atoms with E-state index in [1.165, 1.54) is 57.3 Å². The molecule has 1 aromatic heterocycles. The number of benzene rings is 1. The first-order valence-corrected chi connectivity index (χ1v) is 13.2. The van der Waals surface area contributed by atoms with Crippen molar-refractivity contribution in [3.8, 4) is 11.3 Å². The second-order valence-corrected chi connectivity index (χ2v) is 11.8. The molecule has 2 rings (SSSR count). The van der Waals surface area contributed by atoms with Crippen molar-refractivity contribution < 1.29 is 38.0 Å². The number of aromatic nitrogens is 2. The van der Waals surface area contributed by atoms with E-state index in [2.05, 4.69) is 9.97 Å². The van der Waals surface area contributed by atoms with E-state index in [1.807, 2.05) is 13.8 Å². The number of aliphatic hydroxyl groups is 3. The molecule has 0 saturated carbocycles. The Morgan fingerprint density at radius 2 is 1.76 bits per heavy atom. The van der Waals surface area contributed by atoms with Crippen molar-refractivity contribution in [2.24, 2.45) is 0 Å². The molecule has 0 aliphatic carbocycles. The molecule has 2 atom stereocenters. The van der Waals surface area contributed by atoms with Gasteiger partial charge in [-0.1, -0.05) is 26.0 Å². The number of aliphatic carboxylic acids is 1. The van der Waals surface area contributed by atoms with Crippen LogP contribution in [-0.2, 0) is 14.8 Å². The van der Waals surface area contributed by atoms with Crippen LogP contribution in [0.4, 0.5) is 10.3 Å². The summed E-state index contributed by atoms with van der Waals surface area (Å²) in [5, 5.41) is 39.0. The molecule has 0 amide bonds. The molecule has 2 aromatic rings. The third kappa shape index (κ3) is 8.85. The summed E-state index contributed by atoms with van der Waals surface area (Å²) < 4.78 is 40.4. The van der Waals surface area contributed by atoms with Crippen LogP contribution in [0.15, 0.2) is 30.3 Å². The third-order valence-corrected chi connectivity index (χ3v) is 7.34. The zero-order valence-electron chi connectivity index (χ0n) is 21.5. The molecule has 0 saturated heterocycles. The predicted octanol–water partition coefficient (Wildman–Crippen LogP) is 2.54. The van der Waals surface area contributed by atoms with Gasteiger partial charge in [0.1, 0.15) is 5.82 Å². The Kier molecular flexibility index (Phi) is 9.89. The summed E-state index contributed by atoms with van der Waals surface area (Å²) >= 11 is 0. The number of carbonyl (C=O) groups is 1. The summed E-state index contributed by atoms with van der Waals surface area (Å²) in [7, 11) is -2.74. The highest BCUT2D eigenvalue weighted by Crippen LogP contribution is 2.32. The fourth-order valence-corrected chi connectivity index (χ4v) is 4.98. The molecular weight excluding hydrogens is 505 g/mol. The van der Waals surface area contributed by atoms with Crippen LogP contribution in [0.3, 0.4) is 0 Å². The Morgan fingerprint density at radius 1 is 1.16 bits per heavy atom. The van der Waals surface area contributed by atoms with Crippen molar-refractivity contribution in [2.45, 2.75) is 64.3 Å². The molecule has 0 spiro atoms. The summed E-state index contributed by atoms with van der Waals surface area (Å²) in [6.45, 7) is 6.40. The van der Waals surface area contributed by atoms with Crippen molar-refractivity contribution in [2.75, 3.05) is 17.1 Å². The summed E-state index contributed by atoms with van der Waals surface area (Å²) in [6.07, 6.45) is -0.316. The van der Waals surface area contributed by atoms with E-state index in [1.54, 1.807) is 0 Å². The van der Waals surface area contributed by atoms with Crippen molar-refractivity contribution in [3.05, 3.63) is 47.4 Å². The van der Waals surface area contributed by atoms with E-state index in [9.17, 15) is 32.9 Å². The highest BCUT2D eigenvalue weighted by atomic mass is 32.2. The molecule has 4 N–H and O–H groups in total. The first-order chi connectivity index (χ1) is 17.0. The lowest BCUT2D eigenvalue weighted by Gasteiger charge is -2.25. The number of carboxylic acids is 1. The molecule has 0 unspecified atom stereocenters. The van der Waals surface area contributed by atoms with E-state index >= 15 is 0 Å². The lowest BCUT2D eigenvalue weighted by atomic mass is 9.97. The second kappa shape index (κ2) is 12.1. The smallest absolute Gasteiger partial charge is 0.305 e. The van der Waals surface area contributed by atoms with E-state index in [4.69, 9.17) is 5.11 Å². The van der Waals surface area contributed by atoms with E-state index in [0.717, 1.165) is 4.31 Å². The monoisotopic (exact) mass is 539 g/mol. The van der Waals surface area contributed by atoms with Gasteiger partial charge < -0.3 is 20.4 Å². The number of halogens is 1. The molecule has 0 bridgehead atoms. The first kappa shape index (κ1) is 30.3. The predicted molar refractivity (Wildman–Crippen MR) is 138 cm³/mol. The zero-order chi connectivity index (χ0) is 28.1. The van der Waals surface area contributed by atoms with Crippen LogP contribution in [-0.4, -0.2) is 75.4 Å². The van der Waals surface area contributed by atoms with Crippen LogP contribution in [0.5, 0.6) is 0 Å². The lowest BCUT2D eigenvalue weighted by Crippen LogP contribution is -2.39. The molecule has 0 radical (unpaired) electrons. The Balaban J connectivity index is 2.64. The average Bonchev–Trinajstić information content (AvgIpc) is 2.74. The third-order valence-electron chi connectivity index (χ3n) is 5.27. The van der Waals surface area contributed by atoms with Gasteiger partial charge in [0, 0.05) is 24.6 Å². The highest BCUT2D eigenvalue weighted by Gasteiger charge is 2.30. The molecule has 12 heteroatoms. The van der Waals surface area contributed by atoms with Crippen LogP contribution >= 0.6 is 0 Å². The van der Waals surface area contributed by atoms with Crippen molar-refractivity contribution in [1.29, 1.82) is 0 Å². The molecule has 10 nitrogen and oxygen atoms in total. The van der Waals surface area contributed by atoms with Crippen molar-refractivity contribution in [1.82, 2.24) is 9.97 Å². The number of aliphatic hydroxyl groups excluding tert-OH is 2. The second-order valence-electron chi connectivity index (χ2n) is 9.78. The highest BCUT2D eigenvalue weighted by molar-refractivity contribution is 7.92. The molecular formula is C25H34FN3O7S. The maximum absolute atomic E-state index is 13.6. The molecule has 0 fully saturated rings. The summed E-state index contributed by atoms with van der Waals surface area (Å²) in [5.41, 5.74) is 0.0982. The Morgan fingerprint density at radius 3 is 2.27 bits per heavy atom.